The van der Waals surface area contributed by atoms with Crippen LogP contribution in [0.3, 0.4) is 0 Å². The van der Waals surface area contributed by atoms with Crippen molar-refractivity contribution in [3.63, 3.8) is 0 Å². The van der Waals surface area contributed by atoms with Gasteiger partial charge in [-0.15, -0.1) is 0 Å². The molecule has 0 atom stereocenters. The highest BCUT2D eigenvalue weighted by atomic mass is 35.5. The fourth-order valence-electron chi connectivity index (χ4n) is 2.94. The van der Waals surface area contributed by atoms with E-state index in [0.29, 0.717) is 22.1 Å². The van der Waals surface area contributed by atoms with Gasteiger partial charge in [0.2, 0.25) is 10.0 Å². The third kappa shape index (κ3) is 4.07. The zero-order chi connectivity index (χ0) is 20.6. The molecule has 0 fully saturated rings. The summed E-state index contributed by atoms with van der Waals surface area (Å²) in [6, 6.07) is 19.4. The fourth-order valence-corrected chi connectivity index (χ4v) is 3.58. The van der Waals surface area contributed by atoms with Crippen LogP contribution in [0.25, 0.3) is 28.3 Å². The van der Waals surface area contributed by atoms with Gasteiger partial charge in [0.25, 0.3) is 0 Å². The standard InChI is InChI=1S/C21H15ClFN3O2S/c22-16-5-9-18(10-6-16)26-13-20(14-1-7-17(23)8-2-14)25-21(26)15-3-11-19(12-4-15)29(24,27)28/h1-13H,(H2,24,27,28). The van der Waals surface area contributed by atoms with Crippen LogP contribution in [-0.4, -0.2) is 18.0 Å². The Morgan fingerprint density at radius 2 is 1.45 bits per heavy atom. The second-order valence-electron chi connectivity index (χ2n) is 6.37. The number of rotatable bonds is 4. The van der Waals surface area contributed by atoms with Gasteiger partial charge >= 0.3 is 0 Å². The maximum absolute atomic E-state index is 13.3. The van der Waals surface area contributed by atoms with Gasteiger partial charge in [-0.05, 0) is 72.8 Å². The van der Waals surface area contributed by atoms with Crippen molar-refractivity contribution in [2.75, 3.05) is 0 Å². The predicted molar refractivity (Wildman–Crippen MR) is 111 cm³/mol. The molecule has 0 radical (unpaired) electrons. The molecule has 2 N–H and O–H groups in total. The molecule has 5 nitrogen and oxygen atoms in total. The molecule has 0 aliphatic heterocycles. The zero-order valence-corrected chi connectivity index (χ0v) is 16.5. The van der Waals surface area contributed by atoms with Crippen LogP contribution >= 0.6 is 11.6 Å². The molecule has 0 saturated heterocycles. The highest BCUT2D eigenvalue weighted by Gasteiger charge is 2.15. The molecule has 1 aromatic heterocycles. The maximum atomic E-state index is 13.3. The van der Waals surface area contributed by atoms with E-state index in [0.717, 1.165) is 11.3 Å². The maximum Gasteiger partial charge on any atom is 0.238 e. The van der Waals surface area contributed by atoms with Crippen molar-refractivity contribution in [3.8, 4) is 28.3 Å². The SMILES string of the molecule is NS(=O)(=O)c1ccc(-c2nc(-c3ccc(F)cc3)cn2-c2ccc(Cl)cc2)cc1. The minimum atomic E-state index is -3.79. The van der Waals surface area contributed by atoms with Gasteiger partial charge < -0.3 is 0 Å². The number of halogens is 2. The summed E-state index contributed by atoms with van der Waals surface area (Å²) in [7, 11) is -3.79. The quantitative estimate of drug-likeness (QED) is 0.515. The Labute approximate surface area is 172 Å². The molecule has 146 valence electrons. The van der Waals surface area contributed by atoms with Crippen molar-refractivity contribution in [3.05, 3.63) is 89.8 Å². The number of nitrogens with two attached hydrogens (primary N) is 1. The molecule has 8 heteroatoms. The number of hydrogen-bond donors (Lipinski definition) is 1. The molecule has 0 unspecified atom stereocenters. The van der Waals surface area contributed by atoms with Crippen molar-refractivity contribution in [1.82, 2.24) is 9.55 Å². The van der Waals surface area contributed by atoms with Gasteiger partial charge in [-0.25, -0.2) is 22.9 Å². The molecule has 4 rings (SSSR count). The van der Waals surface area contributed by atoms with E-state index in [-0.39, 0.29) is 10.7 Å². The summed E-state index contributed by atoms with van der Waals surface area (Å²) in [6.07, 6.45) is 1.83. The number of sulfonamides is 1. The van der Waals surface area contributed by atoms with Gasteiger partial charge in [0, 0.05) is 28.0 Å². The molecule has 0 amide bonds. The van der Waals surface area contributed by atoms with Crippen LogP contribution in [0.1, 0.15) is 0 Å². The number of imidazole rings is 1. The van der Waals surface area contributed by atoms with E-state index < -0.39 is 10.0 Å². The fraction of sp³-hybridized carbons (Fsp3) is 0. The molecule has 0 bridgehead atoms. The van der Waals surface area contributed by atoms with Crippen molar-refractivity contribution >= 4 is 21.6 Å². The first-order chi connectivity index (χ1) is 13.8. The van der Waals surface area contributed by atoms with Gasteiger partial charge in [-0.1, -0.05) is 11.6 Å². The number of hydrogen-bond acceptors (Lipinski definition) is 3. The van der Waals surface area contributed by atoms with E-state index in [4.69, 9.17) is 21.7 Å². The molecule has 0 spiro atoms. The average molecular weight is 428 g/mol. The third-order valence-corrected chi connectivity index (χ3v) is 5.57. The van der Waals surface area contributed by atoms with Crippen molar-refractivity contribution < 1.29 is 12.8 Å². The third-order valence-electron chi connectivity index (χ3n) is 4.39. The molecule has 0 aliphatic rings. The van der Waals surface area contributed by atoms with Crippen LogP contribution in [0.5, 0.6) is 0 Å². The molecular formula is C21H15ClFN3O2S. The van der Waals surface area contributed by atoms with Crippen molar-refractivity contribution in [2.24, 2.45) is 5.14 Å². The average Bonchev–Trinajstić information content (AvgIpc) is 3.14. The van der Waals surface area contributed by atoms with Crippen LogP contribution in [0, 0.1) is 5.82 Å². The molecule has 4 aromatic rings. The summed E-state index contributed by atoms with van der Waals surface area (Å²) in [5.74, 6) is 0.261. The summed E-state index contributed by atoms with van der Waals surface area (Å²) in [5, 5.41) is 5.78. The first-order valence-electron chi connectivity index (χ1n) is 8.56. The topological polar surface area (TPSA) is 78.0 Å². The summed E-state index contributed by atoms with van der Waals surface area (Å²) >= 11 is 6.00. The smallest absolute Gasteiger partial charge is 0.238 e. The normalized spacial score (nSPS) is 11.6. The van der Waals surface area contributed by atoms with E-state index in [1.807, 2.05) is 22.9 Å². The van der Waals surface area contributed by atoms with E-state index in [1.54, 1.807) is 36.4 Å². The molecule has 0 aliphatic carbocycles. The van der Waals surface area contributed by atoms with Crippen LogP contribution in [0.4, 0.5) is 4.39 Å². The predicted octanol–water partition coefficient (Wildman–Crippen LogP) is 4.65. The van der Waals surface area contributed by atoms with Gasteiger partial charge in [0.15, 0.2) is 0 Å². The molecule has 0 saturated carbocycles. The summed E-state index contributed by atoms with van der Waals surface area (Å²) in [6.45, 7) is 0. The van der Waals surface area contributed by atoms with Gasteiger partial charge in [-0.3, -0.25) is 4.57 Å². The van der Waals surface area contributed by atoms with Gasteiger partial charge in [0.05, 0.1) is 10.6 Å². The monoisotopic (exact) mass is 427 g/mol. The molecule has 1 heterocycles. The first kappa shape index (κ1) is 19.3. The highest BCUT2D eigenvalue weighted by molar-refractivity contribution is 7.89. The minimum Gasteiger partial charge on any atom is -0.299 e. The lowest BCUT2D eigenvalue weighted by atomic mass is 10.2. The van der Waals surface area contributed by atoms with Gasteiger partial charge in [0.1, 0.15) is 11.6 Å². The van der Waals surface area contributed by atoms with Crippen LogP contribution in [0.2, 0.25) is 5.02 Å². The largest absolute Gasteiger partial charge is 0.299 e. The Kier molecular flexibility index (Phi) is 4.96. The summed E-state index contributed by atoms with van der Waals surface area (Å²) in [5.41, 5.74) is 2.91. The molecule has 3 aromatic carbocycles. The van der Waals surface area contributed by atoms with E-state index in [9.17, 15) is 12.8 Å². The molecular weight excluding hydrogens is 413 g/mol. The number of primary sulfonamides is 1. The zero-order valence-electron chi connectivity index (χ0n) is 15.0. The number of benzene rings is 3. The molecule has 29 heavy (non-hydrogen) atoms. The van der Waals surface area contributed by atoms with Crippen LogP contribution in [-0.2, 0) is 10.0 Å². The van der Waals surface area contributed by atoms with E-state index in [2.05, 4.69) is 0 Å². The Morgan fingerprint density at radius 1 is 0.862 bits per heavy atom. The second kappa shape index (κ2) is 7.44. The number of nitrogens with zero attached hydrogens (tertiary/aromatic N) is 2. The Balaban J connectivity index is 1.86. The Morgan fingerprint density at radius 3 is 2.03 bits per heavy atom. The summed E-state index contributed by atoms with van der Waals surface area (Å²) < 4.78 is 38.2. The second-order valence-corrected chi connectivity index (χ2v) is 8.37. The van der Waals surface area contributed by atoms with Crippen molar-refractivity contribution in [2.45, 2.75) is 4.90 Å². The number of aromatic nitrogens is 2. The van der Waals surface area contributed by atoms with E-state index >= 15 is 0 Å². The first-order valence-corrected chi connectivity index (χ1v) is 10.5. The van der Waals surface area contributed by atoms with Crippen LogP contribution in [0.15, 0.2) is 83.9 Å². The lowest BCUT2D eigenvalue weighted by Gasteiger charge is -2.08. The minimum absolute atomic E-state index is 0.0182. The lowest BCUT2D eigenvalue weighted by molar-refractivity contribution is 0.598. The van der Waals surface area contributed by atoms with Gasteiger partial charge in [-0.2, -0.15) is 0 Å². The van der Waals surface area contributed by atoms with Crippen molar-refractivity contribution in [1.29, 1.82) is 0 Å². The highest BCUT2D eigenvalue weighted by Crippen LogP contribution is 2.29. The Hall–Kier alpha value is -3.00. The Bertz CT molecular complexity index is 1270. The lowest BCUT2D eigenvalue weighted by Crippen LogP contribution is -2.11. The van der Waals surface area contributed by atoms with E-state index in [1.165, 1.54) is 24.3 Å². The van der Waals surface area contributed by atoms with Crippen LogP contribution < -0.4 is 5.14 Å². The summed E-state index contributed by atoms with van der Waals surface area (Å²) in [4.78, 5) is 4.72.